The number of thiophene rings is 1. The summed E-state index contributed by atoms with van der Waals surface area (Å²) in [4.78, 5) is 13.3. The molecule has 0 aliphatic carbocycles. The van der Waals surface area contributed by atoms with Crippen LogP contribution in [0.3, 0.4) is 0 Å². The predicted molar refractivity (Wildman–Crippen MR) is 81.5 cm³/mol. The van der Waals surface area contributed by atoms with E-state index in [-0.39, 0.29) is 21.2 Å². The highest BCUT2D eigenvalue weighted by Crippen LogP contribution is 2.30. The summed E-state index contributed by atoms with van der Waals surface area (Å²) in [7, 11) is -1.64. The lowest BCUT2D eigenvalue weighted by Gasteiger charge is -2.41. The van der Waals surface area contributed by atoms with Gasteiger partial charge in [0.25, 0.3) is 10.0 Å². The van der Waals surface area contributed by atoms with Crippen LogP contribution in [0.25, 0.3) is 0 Å². The Labute approximate surface area is 129 Å². The molecule has 0 spiro atoms. The van der Waals surface area contributed by atoms with E-state index in [1.165, 1.54) is 10.4 Å². The highest BCUT2D eigenvalue weighted by Gasteiger charge is 2.35. The van der Waals surface area contributed by atoms with Gasteiger partial charge in [0.15, 0.2) is 0 Å². The smallest absolute Gasteiger partial charge is 0.346 e. The van der Waals surface area contributed by atoms with Gasteiger partial charge in [-0.3, -0.25) is 4.90 Å². The van der Waals surface area contributed by atoms with Gasteiger partial charge in [-0.2, -0.15) is 4.31 Å². The second-order valence-corrected chi connectivity index (χ2v) is 8.79. The molecule has 0 radical (unpaired) electrons. The third-order valence-corrected chi connectivity index (χ3v) is 7.52. The predicted octanol–water partition coefficient (Wildman–Crippen LogP) is 1.47. The Bertz CT molecular complexity index is 641. The molecule has 2 rings (SSSR count). The summed E-state index contributed by atoms with van der Waals surface area (Å²) in [5.74, 6) is -1.08. The summed E-state index contributed by atoms with van der Waals surface area (Å²) in [5, 5.41) is 9.07. The van der Waals surface area contributed by atoms with Crippen LogP contribution in [0, 0.1) is 6.92 Å². The first-order chi connectivity index (χ1) is 9.64. The Balaban J connectivity index is 2.34. The van der Waals surface area contributed by atoms with E-state index in [4.69, 9.17) is 5.11 Å². The number of carbonyl (C=O) groups is 1. The van der Waals surface area contributed by atoms with Gasteiger partial charge >= 0.3 is 5.97 Å². The monoisotopic (exact) mass is 332 g/mol. The number of piperazine rings is 1. The van der Waals surface area contributed by atoms with Crippen molar-refractivity contribution >= 4 is 27.3 Å². The van der Waals surface area contributed by atoms with Gasteiger partial charge in [0, 0.05) is 25.2 Å². The number of aryl methyl sites for hydroxylation is 1. The van der Waals surface area contributed by atoms with E-state index in [0.29, 0.717) is 18.7 Å². The molecule has 2 unspecified atom stereocenters. The molecular weight excluding hydrogens is 312 g/mol. The van der Waals surface area contributed by atoms with Crippen molar-refractivity contribution in [1.29, 1.82) is 0 Å². The van der Waals surface area contributed by atoms with Crippen molar-refractivity contribution in [1.82, 2.24) is 9.21 Å². The highest BCUT2D eigenvalue weighted by atomic mass is 32.2. The van der Waals surface area contributed by atoms with Crippen LogP contribution >= 0.6 is 11.3 Å². The topological polar surface area (TPSA) is 77.9 Å². The minimum absolute atomic E-state index is 0.0869. The number of rotatable bonds is 3. The van der Waals surface area contributed by atoms with Gasteiger partial charge in [0.1, 0.15) is 9.09 Å². The lowest BCUT2D eigenvalue weighted by atomic mass is 10.1. The minimum Gasteiger partial charge on any atom is -0.477 e. The maximum Gasteiger partial charge on any atom is 0.346 e. The molecule has 118 valence electrons. The van der Waals surface area contributed by atoms with Crippen molar-refractivity contribution in [3.63, 3.8) is 0 Å². The molecule has 1 aromatic heterocycles. The van der Waals surface area contributed by atoms with Gasteiger partial charge in [-0.15, -0.1) is 11.3 Å². The van der Waals surface area contributed by atoms with Crippen molar-refractivity contribution in [2.24, 2.45) is 0 Å². The largest absolute Gasteiger partial charge is 0.477 e. The van der Waals surface area contributed by atoms with Crippen LogP contribution in [-0.4, -0.2) is 60.9 Å². The summed E-state index contributed by atoms with van der Waals surface area (Å²) in [5.41, 5.74) is 0.487. The summed E-state index contributed by atoms with van der Waals surface area (Å²) in [6.45, 7) is 6.43. The second kappa shape index (κ2) is 5.68. The lowest BCUT2D eigenvalue weighted by molar-refractivity contribution is 0.0701. The number of sulfonamides is 1. The molecule has 1 aromatic rings. The van der Waals surface area contributed by atoms with Gasteiger partial charge in [-0.1, -0.05) is 0 Å². The molecular formula is C13H20N2O4S2. The number of hydrogen-bond donors (Lipinski definition) is 1. The molecule has 2 atom stereocenters. The molecule has 2 heterocycles. The first-order valence-electron chi connectivity index (χ1n) is 6.70. The summed E-state index contributed by atoms with van der Waals surface area (Å²) < 4.78 is 27.0. The van der Waals surface area contributed by atoms with Crippen molar-refractivity contribution < 1.29 is 18.3 Å². The standard InChI is InChI=1S/C13H20N2O4S2/c1-8-5-11(20-12(8)13(16)17)21(18,19)15-6-9(2)14(4)10(3)7-15/h5,9-10H,6-7H2,1-4H3,(H,16,17). The molecule has 8 heteroatoms. The summed E-state index contributed by atoms with van der Waals surface area (Å²) >= 11 is 0.829. The van der Waals surface area contributed by atoms with Crippen molar-refractivity contribution in [3.8, 4) is 0 Å². The zero-order chi connectivity index (χ0) is 15.9. The van der Waals surface area contributed by atoms with Gasteiger partial charge in [-0.05, 0) is 39.4 Å². The fourth-order valence-corrected chi connectivity index (χ4v) is 5.61. The van der Waals surface area contributed by atoms with Crippen LogP contribution in [0.1, 0.15) is 29.1 Å². The van der Waals surface area contributed by atoms with Gasteiger partial charge < -0.3 is 5.11 Å². The SMILES string of the molecule is Cc1cc(S(=O)(=O)N2CC(C)N(C)C(C)C2)sc1C(=O)O. The fraction of sp³-hybridized carbons (Fsp3) is 0.615. The fourth-order valence-electron chi connectivity index (χ4n) is 2.47. The quantitative estimate of drug-likeness (QED) is 0.907. The molecule has 1 aliphatic rings. The minimum atomic E-state index is -3.62. The molecule has 6 nitrogen and oxygen atoms in total. The lowest BCUT2D eigenvalue weighted by Crippen LogP contribution is -2.56. The van der Waals surface area contributed by atoms with Crippen LogP contribution in [0.2, 0.25) is 0 Å². The number of hydrogen-bond acceptors (Lipinski definition) is 5. The van der Waals surface area contributed by atoms with Crippen LogP contribution in [0.15, 0.2) is 10.3 Å². The van der Waals surface area contributed by atoms with E-state index >= 15 is 0 Å². The van der Waals surface area contributed by atoms with E-state index in [2.05, 4.69) is 4.90 Å². The first-order valence-corrected chi connectivity index (χ1v) is 8.96. The zero-order valence-corrected chi connectivity index (χ0v) is 14.2. The number of carboxylic acids is 1. The average molecular weight is 332 g/mol. The zero-order valence-electron chi connectivity index (χ0n) is 12.5. The average Bonchev–Trinajstić information content (AvgIpc) is 2.78. The number of nitrogens with zero attached hydrogens (tertiary/aromatic N) is 2. The van der Waals surface area contributed by atoms with Crippen molar-refractivity contribution in [3.05, 3.63) is 16.5 Å². The van der Waals surface area contributed by atoms with Crippen molar-refractivity contribution in [2.75, 3.05) is 20.1 Å². The molecule has 0 aromatic carbocycles. The Morgan fingerprint density at radius 2 is 1.86 bits per heavy atom. The van der Waals surface area contributed by atoms with Gasteiger partial charge in [0.05, 0.1) is 0 Å². The van der Waals surface area contributed by atoms with Crippen molar-refractivity contribution in [2.45, 2.75) is 37.1 Å². The molecule has 1 fully saturated rings. The normalized spacial score (nSPS) is 25.1. The van der Waals surface area contributed by atoms with Gasteiger partial charge in [-0.25, -0.2) is 13.2 Å². The molecule has 1 N–H and O–H groups in total. The molecule has 1 saturated heterocycles. The third-order valence-electron chi connectivity index (χ3n) is 4.01. The maximum absolute atomic E-state index is 12.7. The molecule has 21 heavy (non-hydrogen) atoms. The molecule has 0 bridgehead atoms. The van der Waals surface area contributed by atoms with E-state index in [9.17, 15) is 13.2 Å². The van der Waals surface area contributed by atoms with Gasteiger partial charge in [0.2, 0.25) is 0 Å². The Hall–Kier alpha value is -0.960. The summed E-state index contributed by atoms with van der Waals surface area (Å²) in [6, 6.07) is 1.71. The molecule has 0 amide bonds. The Kier molecular flexibility index (Phi) is 4.44. The number of carboxylic acid groups (broad SMARTS) is 1. The van der Waals surface area contributed by atoms with E-state index in [1.54, 1.807) is 6.92 Å². The number of likely N-dealkylation sites (N-methyl/N-ethyl adjacent to an activating group) is 1. The van der Waals surface area contributed by atoms with Crippen LogP contribution in [-0.2, 0) is 10.0 Å². The summed E-state index contributed by atoms with van der Waals surface area (Å²) in [6.07, 6.45) is 0. The molecule has 0 saturated carbocycles. The molecule has 1 aliphatic heterocycles. The van der Waals surface area contributed by atoms with Crippen LogP contribution in [0.4, 0.5) is 0 Å². The Morgan fingerprint density at radius 3 is 2.29 bits per heavy atom. The second-order valence-electron chi connectivity index (χ2n) is 5.57. The first kappa shape index (κ1) is 16.4. The van der Waals surface area contributed by atoms with Crippen LogP contribution < -0.4 is 0 Å². The third kappa shape index (κ3) is 2.98. The highest BCUT2D eigenvalue weighted by molar-refractivity contribution is 7.91. The Morgan fingerprint density at radius 1 is 1.33 bits per heavy atom. The van der Waals surface area contributed by atoms with Crippen LogP contribution in [0.5, 0.6) is 0 Å². The van der Waals surface area contributed by atoms with E-state index < -0.39 is 16.0 Å². The number of aromatic carboxylic acids is 1. The van der Waals surface area contributed by atoms with E-state index in [1.807, 2.05) is 20.9 Å². The maximum atomic E-state index is 12.7. The van der Waals surface area contributed by atoms with E-state index in [0.717, 1.165) is 11.3 Å².